The summed E-state index contributed by atoms with van der Waals surface area (Å²) in [6, 6.07) is 1.03. The third-order valence-corrected chi connectivity index (χ3v) is 3.98. The lowest BCUT2D eigenvalue weighted by Crippen LogP contribution is -2.36. The Kier molecular flexibility index (Phi) is 5.36. The van der Waals surface area contributed by atoms with Gasteiger partial charge in [-0.15, -0.1) is 0 Å². The van der Waals surface area contributed by atoms with Crippen molar-refractivity contribution in [3.05, 3.63) is 29.3 Å². The summed E-state index contributed by atoms with van der Waals surface area (Å²) in [5.74, 6) is -2.29. The van der Waals surface area contributed by atoms with Crippen LogP contribution in [0.15, 0.2) is 17.0 Å². The van der Waals surface area contributed by atoms with E-state index < -0.39 is 44.8 Å². The molecule has 2 N–H and O–H groups in total. The van der Waals surface area contributed by atoms with Crippen molar-refractivity contribution in [3.63, 3.8) is 0 Å². The molecule has 0 saturated heterocycles. The van der Waals surface area contributed by atoms with Crippen molar-refractivity contribution >= 4 is 10.0 Å². The highest BCUT2D eigenvalue weighted by Crippen LogP contribution is 2.21. The van der Waals surface area contributed by atoms with Crippen LogP contribution in [0.3, 0.4) is 0 Å². The lowest BCUT2D eigenvalue weighted by atomic mass is 10.2. The quantitative estimate of drug-likeness (QED) is 0.813. The van der Waals surface area contributed by atoms with Crippen molar-refractivity contribution in [1.29, 1.82) is 0 Å². The number of nitrogens with one attached hydrogen (secondary N) is 1. The normalized spacial score (nSPS) is 13.5. The molecular formula is C11H15F2NO4S. The van der Waals surface area contributed by atoms with Crippen LogP contribution in [0.5, 0.6) is 0 Å². The molecule has 0 heterocycles. The predicted octanol–water partition coefficient (Wildman–Crippen LogP) is 0.770. The number of halogens is 2. The van der Waals surface area contributed by atoms with Gasteiger partial charge in [-0.2, -0.15) is 0 Å². The molecule has 1 rings (SSSR count). The van der Waals surface area contributed by atoms with Gasteiger partial charge in [0.2, 0.25) is 10.0 Å². The Hall–Kier alpha value is -1.09. The van der Waals surface area contributed by atoms with Crippen molar-refractivity contribution < 1.29 is 27.0 Å². The molecule has 0 aliphatic carbocycles. The third kappa shape index (κ3) is 3.69. The average Bonchev–Trinajstić information content (AvgIpc) is 2.28. The smallest absolute Gasteiger partial charge is 0.243 e. The fourth-order valence-electron chi connectivity index (χ4n) is 1.54. The minimum Gasteiger partial charge on any atom is -0.391 e. The number of hydrogen-bond donors (Lipinski definition) is 2. The van der Waals surface area contributed by atoms with Gasteiger partial charge in [0.25, 0.3) is 0 Å². The van der Waals surface area contributed by atoms with Gasteiger partial charge in [0.15, 0.2) is 5.82 Å². The molecule has 0 radical (unpaired) electrons. The van der Waals surface area contributed by atoms with Crippen molar-refractivity contribution in [2.24, 2.45) is 0 Å². The standard InChI is InChI=1S/C11H15F2NO4S/c1-7(6-18-2)14-19(16,17)10-4-3-9(12)8(5-15)11(10)13/h3-4,7,14-15H,5-6H2,1-2H3. The predicted molar refractivity (Wildman–Crippen MR) is 63.9 cm³/mol. The van der Waals surface area contributed by atoms with Crippen LogP contribution >= 0.6 is 0 Å². The van der Waals surface area contributed by atoms with E-state index in [2.05, 4.69) is 4.72 Å². The van der Waals surface area contributed by atoms with E-state index in [1.165, 1.54) is 14.0 Å². The van der Waals surface area contributed by atoms with Crippen molar-refractivity contribution in [2.45, 2.75) is 24.5 Å². The molecule has 0 saturated carbocycles. The summed E-state index contributed by atoms with van der Waals surface area (Å²) >= 11 is 0. The summed E-state index contributed by atoms with van der Waals surface area (Å²) in [5, 5.41) is 8.84. The Morgan fingerprint density at radius 1 is 1.42 bits per heavy atom. The third-order valence-electron chi connectivity index (χ3n) is 2.37. The molecule has 0 aliphatic rings. The molecule has 0 fully saturated rings. The van der Waals surface area contributed by atoms with Gasteiger partial charge >= 0.3 is 0 Å². The topological polar surface area (TPSA) is 75.6 Å². The molecule has 8 heteroatoms. The highest BCUT2D eigenvalue weighted by atomic mass is 32.2. The molecule has 108 valence electrons. The Bertz CT molecular complexity index is 548. The molecule has 0 aromatic heterocycles. The number of rotatable bonds is 6. The van der Waals surface area contributed by atoms with E-state index in [0.717, 1.165) is 12.1 Å². The zero-order valence-corrected chi connectivity index (χ0v) is 11.3. The number of ether oxygens (including phenoxy) is 1. The van der Waals surface area contributed by atoms with Gasteiger partial charge in [0, 0.05) is 13.2 Å². The number of aliphatic hydroxyl groups is 1. The fourth-order valence-corrected chi connectivity index (χ4v) is 2.87. The average molecular weight is 295 g/mol. The van der Waals surface area contributed by atoms with Gasteiger partial charge in [0.05, 0.1) is 18.8 Å². The lowest BCUT2D eigenvalue weighted by molar-refractivity contribution is 0.180. The Morgan fingerprint density at radius 2 is 2.05 bits per heavy atom. The van der Waals surface area contributed by atoms with Gasteiger partial charge in [-0.25, -0.2) is 21.9 Å². The van der Waals surface area contributed by atoms with E-state index in [1.807, 2.05) is 0 Å². The lowest BCUT2D eigenvalue weighted by Gasteiger charge is -2.14. The maximum absolute atomic E-state index is 13.8. The minimum atomic E-state index is -4.14. The van der Waals surface area contributed by atoms with Crippen LogP contribution in [-0.4, -0.2) is 33.3 Å². The number of benzene rings is 1. The molecular weight excluding hydrogens is 280 g/mol. The Morgan fingerprint density at radius 3 is 2.58 bits per heavy atom. The van der Waals surface area contributed by atoms with E-state index >= 15 is 0 Å². The summed E-state index contributed by atoms with van der Waals surface area (Å²) in [6.07, 6.45) is 0. The van der Waals surface area contributed by atoms with Crippen LogP contribution in [0.2, 0.25) is 0 Å². The highest BCUT2D eigenvalue weighted by molar-refractivity contribution is 7.89. The second-order valence-corrected chi connectivity index (χ2v) is 5.66. The van der Waals surface area contributed by atoms with Crippen LogP contribution in [-0.2, 0) is 21.4 Å². The van der Waals surface area contributed by atoms with Gasteiger partial charge in [-0.3, -0.25) is 0 Å². The zero-order chi connectivity index (χ0) is 14.6. The van der Waals surface area contributed by atoms with E-state index in [0.29, 0.717) is 0 Å². The maximum atomic E-state index is 13.8. The molecule has 1 aromatic rings. The monoisotopic (exact) mass is 295 g/mol. The van der Waals surface area contributed by atoms with Crippen molar-refractivity contribution in [3.8, 4) is 0 Å². The van der Waals surface area contributed by atoms with Gasteiger partial charge < -0.3 is 9.84 Å². The highest BCUT2D eigenvalue weighted by Gasteiger charge is 2.24. The van der Waals surface area contributed by atoms with Crippen LogP contribution < -0.4 is 4.72 Å². The molecule has 1 unspecified atom stereocenters. The molecule has 0 aliphatic heterocycles. The summed E-state index contributed by atoms with van der Waals surface area (Å²) in [5.41, 5.74) is -0.678. The first-order valence-electron chi connectivity index (χ1n) is 5.42. The Balaban J connectivity index is 3.15. The van der Waals surface area contributed by atoms with Gasteiger partial charge in [-0.1, -0.05) is 0 Å². The van der Waals surface area contributed by atoms with E-state index in [4.69, 9.17) is 9.84 Å². The van der Waals surface area contributed by atoms with Gasteiger partial charge in [0.1, 0.15) is 10.7 Å². The fraction of sp³-hybridized carbons (Fsp3) is 0.455. The molecule has 1 atom stereocenters. The SMILES string of the molecule is COCC(C)NS(=O)(=O)c1ccc(F)c(CO)c1F. The summed E-state index contributed by atoms with van der Waals surface area (Å²) in [6.45, 7) is 0.721. The van der Waals surface area contributed by atoms with E-state index in [-0.39, 0.29) is 6.61 Å². The number of methoxy groups -OCH3 is 1. The van der Waals surface area contributed by atoms with Crippen LogP contribution in [0, 0.1) is 11.6 Å². The number of sulfonamides is 1. The van der Waals surface area contributed by atoms with Crippen LogP contribution in [0.25, 0.3) is 0 Å². The summed E-state index contributed by atoms with van der Waals surface area (Å²) in [4.78, 5) is -0.707. The van der Waals surface area contributed by atoms with Crippen LogP contribution in [0.1, 0.15) is 12.5 Å². The molecule has 0 spiro atoms. The maximum Gasteiger partial charge on any atom is 0.243 e. The van der Waals surface area contributed by atoms with Crippen molar-refractivity contribution in [2.75, 3.05) is 13.7 Å². The molecule has 0 amide bonds. The first kappa shape index (κ1) is 16.0. The van der Waals surface area contributed by atoms with E-state index in [1.54, 1.807) is 0 Å². The molecule has 1 aromatic carbocycles. The van der Waals surface area contributed by atoms with E-state index in [9.17, 15) is 17.2 Å². The molecule has 5 nitrogen and oxygen atoms in total. The minimum absolute atomic E-state index is 0.106. The summed E-state index contributed by atoms with van der Waals surface area (Å²) in [7, 11) is -2.75. The number of hydrogen-bond acceptors (Lipinski definition) is 4. The molecule has 0 bridgehead atoms. The first-order chi connectivity index (χ1) is 8.83. The van der Waals surface area contributed by atoms with Crippen LogP contribution in [0.4, 0.5) is 8.78 Å². The first-order valence-corrected chi connectivity index (χ1v) is 6.90. The van der Waals surface area contributed by atoms with Crippen molar-refractivity contribution in [1.82, 2.24) is 4.72 Å². The Labute approximate surface area is 110 Å². The molecule has 19 heavy (non-hydrogen) atoms. The summed E-state index contributed by atoms with van der Waals surface area (Å²) < 4.78 is 57.7. The van der Waals surface area contributed by atoms with Gasteiger partial charge in [-0.05, 0) is 19.1 Å². The number of aliphatic hydroxyl groups excluding tert-OH is 1. The second-order valence-electron chi connectivity index (χ2n) is 3.97. The second kappa shape index (κ2) is 6.38. The zero-order valence-electron chi connectivity index (χ0n) is 10.5. The largest absolute Gasteiger partial charge is 0.391 e.